The van der Waals surface area contributed by atoms with Crippen LogP contribution in [0.2, 0.25) is 0 Å². The fourth-order valence-electron chi connectivity index (χ4n) is 4.59. The minimum absolute atomic E-state index is 0.184. The van der Waals surface area contributed by atoms with Crippen LogP contribution < -0.4 is 0 Å². The van der Waals surface area contributed by atoms with E-state index in [1.807, 2.05) is 18.7 Å². The summed E-state index contributed by atoms with van der Waals surface area (Å²) in [6.45, 7) is 6.58. The lowest BCUT2D eigenvalue weighted by molar-refractivity contribution is -0.132. The molecule has 1 aromatic rings. The van der Waals surface area contributed by atoms with Gasteiger partial charge in [-0.1, -0.05) is 6.42 Å². The fraction of sp³-hybridized carbons (Fsp3) is 0.750. The predicted octanol–water partition coefficient (Wildman–Crippen LogP) is 2.94. The summed E-state index contributed by atoms with van der Waals surface area (Å²) in [5, 5.41) is 0. The molecule has 4 rings (SSSR count). The lowest BCUT2D eigenvalue weighted by atomic mass is 9.84. The summed E-state index contributed by atoms with van der Waals surface area (Å²) in [6.07, 6.45) is 5.41. The highest BCUT2D eigenvalue weighted by Gasteiger charge is 2.43. The maximum absolute atomic E-state index is 13.1. The van der Waals surface area contributed by atoms with Crippen LogP contribution in [0.25, 0.3) is 0 Å². The van der Waals surface area contributed by atoms with Gasteiger partial charge in [-0.05, 0) is 51.5 Å². The molecule has 8 heteroatoms. The zero-order chi connectivity index (χ0) is 19.9. The van der Waals surface area contributed by atoms with E-state index in [2.05, 4.69) is 0 Å². The smallest absolute Gasteiger partial charge is 0.244 e. The van der Waals surface area contributed by atoms with Gasteiger partial charge in [0.15, 0.2) is 0 Å². The minimum atomic E-state index is -3.47. The maximum Gasteiger partial charge on any atom is 0.244 e. The highest BCUT2D eigenvalue weighted by Crippen LogP contribution is 2.35. The van der Waals surface area contributed by atoms with Crippen molar-refractivity contribution in [2.24, 2.45) is 5.92 Å². The largest absolute Gasteiger partial charge is 0.373 e. The van der Waals surface area contributed by atoms with Crippen LogP contribution in [0.15, 0.2) is 11.0 Å². The first kappa shape index (κ1) is 20.3. The minimum Gasteiger partial charge on any atom is -0.373 e. The first-order valence-electron chi connectivity index (χ1n) is 10.3. The summed E-state index contributed by atoms with van der Waals surface area (Å²) in [5.41, 5.74) is -0.401. The number of sulfonamides is 1. The molecule has 0 atom stereocenters. The number of thiophene rings is 1. The average Bonchev–Trinajstić information content (AvgIpc) is 2.88. The summed E-state index contributed by atoms with van der Waals surface area (Å²) in [4.78, 5) is 16.8. The van der Waals surface area contributed by atoms with Crippen LogP contribution in [-0.4, -0.2) is 61.9 Å². The van der Waals surface area contributed by atoms with Gasteiger partial charge >= 0.3 is 0 Å². The second-order valence-electron chi connectivity index (χ2n) is 8.53. The molecular formula is C20H30N2O4S2. The Labute approximate surface area is 171 Å². The number of piperidine rings is 1. The van der Waals surface area contributed by atoms with Gasteiger partial charge in [0.1, 0.15) is 0 Å². The van der Waals surface area contributed by atoms with Crippen LogP contribution in [0.1, 0.15) is 48.3 Å². The molecular weight excluding hydrogens is 396 g/mol. The Morgan fingerprint density at radius 1 is 1.25 bits per heavy atom. The van der Waals surface area contributed by atoms with Crippen molar-refractivity contribution in [2.45, 2.75) is 62.9 Å². The van der Waals surface area contributed by atoms with Gasteiger partial charge in [-0.2, -0.15) is 4.31 Å². The van der Waals surface area contributed by atoms with Crippen LogP contribution >= 0.6 is 11.3 Å². The summed E-state index contributed by atoms with van der Waals surface area (Å²) >= 11 is 1.52. The molecule has 0 aromatic carbocycles. The number of amides is 1. The molecule has 1 amide bonds. The second-order valence-corrected chi connectivity index (χ2v) is 11.9. The number of rotatable bonds is 4. The van der Waals surface area contributed by atoms with E-state index in [9.17, 15) is 13.2 Å². The van der Waals surface area contributed by atoms with Gasteiger partial charge < -0.3 is 9.64 Å². The molecule has 2 aliphatic heterocycles. The Bertz CT molecular complexity index is 836. The monoisotopic (exact) mass is 426 g/mol. The number of nitrogens with zero attached hydrogens (tertiary/aromatic N) is 2. The van der Waals surface area contributed by atoms with Crippen molar-refractivity contribution < 1.29 is 17.9 Å². The molecule has 3 fully saturated rings. The van der Waals surface area contributed by atoms with Gasteiger partial charge in [0.2, 0.25) is 15.9 Å². The lowest BCUT2D eigenvalue weighted by Crippen LogP contribution is -2.53. The number of carbonyl (C=O) groups excluding carboxylic acids is 1. The molecule has 2 saturated heterocycles. The van der Waals surface area contributed by atoms with Crippen molar-refractivity contribution in [1.82, 2.24) is 9.21 Å². The number of hydrogen-bond acceptors (Lipinski definition) is 5. The van der Waals surface area contributed by atoms with Gasteiger partial charge in [-0.25, -0.2) is 8.42 Å². The second kappa shape index (κ2) is 7.70. The Morgan fingerprint density at radius 2 is 1.96 bits per heavy atom. The van der Waals surface area contributed by atoms with Gasteiger partial charge in [0.05, 0.1) is 23.5 Å². The van der Waals surface area contributed by atoms with E-state index in [1.54, 1.807) is 10.4 Å². The number of aryl methyl sites for hydroxylation is 2. The molecule has 0 unspecified atom stereocenters. The zero-order valence-electron chi connectivity index (χ0n) is 16.8. The molecule has 0 bridgehead atoms. The van der Waals surface area contributed by atoms with E-state index in [0.29, 0.717) is 56.3 Å². The molecule has 3 heterocycles. The SMILES string of the molecule is Cc1cc(S(=O)(=O)N2CCC3(CC2)CN(CC2CCC2)C(=O)CCO3)c(C)s1. The van der Waals surface area contributed by atoms with Crippen LogP contribution in [-0.2, 0) is 19.6 Å². The van der Waals surface area contributed by atoms with E-state index in [4.69, 9.17) is 4.74 Å². The van der Waals surface area contributed by atoms with Crippen molar-refractivity contribution in [1.29, 1.82) is 0 Å². The normalized spacial score (nSPS) is 24.4. The Morgan fingerprint density at radius 3 is 2.54 bits per heavy atom. The number of ether oxygens (including phenoxy) is 1. The van der Waals surface area contributed by atoms with Gasteiger partial charge in [-0.15, -0.1) is 11.3 Å². The van der Waals surface area contributed by atoms with E-state index < -0.39 is 15.6 Å². The number of hydrogen-bond donors (Lipinski definition) is 0. The standard InChI is InChI=1S/C20H30N2O4S2/c1-15-12-18(16(2)27-15)28(24,25)22-9-7-20(8-10-22)14-21(13-17-4-3-5-17)19(23)6-11-26-20/h12,17H,3-11,13-14H2,1-2H3. The molecule has 156 valence electrons. The first-order chi connectivity index (χ1) is 13.3. The maximum atomic E-state index is 13.1. The van der Waals surface area contributed by atoms with Crippen LogP contribution in [0.4, 0.5) is 0 Å². The Balaban J connectivity index is 1.45. The topological polar surface area (TPSA) is 66.9 Å². The molecule has 3 aliphatic rings. The zero-order valence-corrected chi connectivity index (χ0v) is 18.4. The predicted molar refractivity (Wildman–Crippen MR) is 109 cm³/mol. The van der Waals surface area contributed by atoms with Crippen molar-refractivity contribution >= 4 is 27.3 Å². The summed E-state index contributed by atoms with van der Waals surface area (Å²) in [5.74, 6) is 0.813. The molecule has 1 aliphatic carbocycles. The summed E-state index contributed by atoms with van der Waals surface area (Å²) < 4.78 is 34.0. The van der Waals surface area contributed by atoms with E-state index in [0.717, 1.165) is 16.3 Å². The molecule has 1 saturated carbocycles. The lowest BCUT2D eigenvalue weighted by Gasteiger charge is -2.43. The molecule has 1 spiro atoms. The molecule has 0 radical (unpaired) electrons. The molecule has 6 nitrogen and oxygen atoms in total. The Kier molecular flexibility index (Phi) is 5.59. The third kappa shape index (κ3) is 3.88. The quantitative estimate of drug-likeness (QED) is 0.742. The molecule has 1 aromatic heterocycles. The van der Waals surface area contributed by atoms with Crippen molar-refractivity contribution in [2.75, 3.05) is 32.8 Å². The van der Waals surface area contributed by atoms with Crippen LogP contribution in [0.3, 0.4) is 0 Å². The number of carbonyl (C=O) groups is 1. The van der Waals surface area contributed by atoms with Gasteiger partial charge in [0.25, 0.3) is 0 Å². The van der Waals surface area contributed by atoms with Crippen molar-refractivity contribution in [3.63, 3.8) is 0 Å². The first-order valence-corrected chi connectivity index (χ1v) is 12.5. The van der Waals surface area contributed by atoms with Crippen LogP contribution in [0.5, 0.6) is 0 Å². The van der Waals surface area contributed by atoms with Gasteiger partial charge in [0, 0.05) is 35.9 Å². The molecule has 28 heavy (non-hydrogen) atoms. The summed E-state index contributed by atoms with van der Waals surface area (Å²) in [7, 11) is -3.47. The highest BCUT2D eigenvalue weighted by molar-refractivity contribution is 7.89. The van der Waals surface area contributed by atoms with E-state index in [-0.39, 0.29) is 5.91 Å². The van der Waals surface area contributed by atoms with Crippen molar-refractivity contribution in [3.8, 4) is 0 Å². The van der Waals surface area contributed by atoms with Crippen molar-refractivity contribution in [3.05, 3.63) is 15.8 Å². The summed E-state index contributed by atoms with van der Waals surface area (Å²) in [6, 6.07) is 1.78. The van der Waals surface area contributed by atoms with Gasteiger partial charge in [-0.3, -0.25) is 4.79 Å². The fourth-order valence-corrected chi connectivity index (χ4v) is 7.55. The molecule has 0 N–H and O–H groups in total. The van der Waals surface area contributed by atoms with Crippen LogP contribution in [0, 0.1) is 19.8 Å². The van der Waals surface area contributed by atoms with E-state index in [1.165, 1.54) is 30.6 Å². The van der Waals surface area contributed by atoms with E-state index >= 15 is 0 Å². The Hall–Kier alpha value is -0.960. The highest BCUT2D eigenvalue weighted by atomic mass is 32.2. The average molecular weight is 427 g/mol. The third-order valence-corrected chi connectivity index (χ3v) is 9.63. The third-order valence-electron chi connectivity index (χ3n) is 6.51.